The third-order valence-corrected chi connectivity index (χ3v) is 2.96. The zero-order valence-electron chi connectivity index (χ0n) is 8.30. The largest absolute Gasteiger partial charge is 0.300 e. The highest BCUT2D eigenvalue weighted by atomic mass is 19.2. The second kappa shape index (κ2) is 4.09. The van der Waals surface area contributed by atoms with Gasteiger partial charge in [-0.15, -0.1) is 0 Å². The Morgan fingerprint density at radius 1 is 1.13 bits per heavy atom. The van der Waals surface area contributed by atoms with Crippen molar-refractivity contribution in [3.8, 4) is 0 Å². The molecule has 0 aromatic heterocycles. The fraction of sp³-hybridized carbons (Fsp3) is 0.417. The number of benzene rings is 1. The average Bonchev–Trinajstić information content (AvgIpc) is 2.24. The predicted octanol–water partition coefficient (Wildman–Crippen LogP) is 3.19. The van der Waals surface area contributed by atoms with E-state index in [1.807, 2.05) is 0 Å². The number of hydrogen-bond donors (Lipinski definition) is 0. The summed E-state index contributed by atoms with van der Waals surface area (Å²) in [6.45, 7) is 0. The minimum absolute atomic E-state index is 0.00148. The molecule has 1 nitrogen and oxygen atoms in total. The second-order valence-corrected chi connectivity index (χ2v) is 3.96. The summed E-state index contributed by atoms with van der Waals surface area (Å²) in [5, 5.41) is 0. The lowest BCUT2D eigenvalue weighted by atomic mass is 9.83. The summed E-state index contributed by atoms with van der Waals surface area (Å²) in [5.74, 6) is -1.33. The van der Waals surface area contributed by atoms with Crippen LogP contribution in [-0.4, -0.2) is 5.78 Å². The van der Waals surface area contributed by atoms with Gasteiger partial charge in [0.25, 0.3) is 0 Å². The van der Waals surface area contributed by atoms with Gasteiger partial charge in [0.2, 0.25) is 0 Å². The molecule has 1 aliphatic carbocycles. The average molecular weight is 210 g/mol. The molecule has 3 heteroatoms. The molecule has 1 aliphatic rings. The van der Waals surface area contributed by atoms with E-state index in [1.165, 1.54) is 6.07 Å². The molecule has 2 rings (SSSR count). The van der Waals surface area contributed by atoms with Gasteiger partial charge in [0.05, 0.1) is 0 Å². The van der Waals surface area contributed by atoms with Gasteiger partial charge in [-0.25, -0.2) is 8.78 Å². The van der Waals surface area contributed by atoms with Gasteiger partial charge in [-0.1, -0.05) is 12.1 Å². The van der Waals surface area contributed by atoms with Gasteiger partial charge >= 0.3 is 0 Å². The van der Waals surface area contributed by atoms with Gasteiger partial charge in [0, 0.05) is 12.8 Å². The molecule has 0 N–H and O–H groups in total. The van der Waals surface area contributed by atoms with E-state index >= 15 is 0 Å². The fourth-order valence-corrected chi connectivity index (χ4v) is 2.09. The molecule has 0 bridgehead atoms. The first-order chi connectivity index (χ1) is 7.18. The standard InChI is InChI=1S/C12H12F2O/c13-11-3-1-2-10(12(11)14)8-4-6-9(15)7-5-8/h1-3,8H,4-7H2. The molecule has 0 atom stereocenters. The monoisotopic (exact) mass is 210 g/mol. The molecule has 1 fully saturated rings. The van der Waals surface area contributed by atoms with Crippen LogP contribution in [0.5, 0.6) is 0 Å². The van der Waals surface area contributed by atoms with Gasteiger partial charge < -0.3 is 0 Å². The molecule has 0 saturated heterocycles. The zero-order valence-corrected chi connectivity index (χ0v) is 8.30. The summed E-state index contributed by atoms with van der Waals surface area (Å²) in [5.41, 5.74) is 0.419. The molecule has 0 unspecified atom stereocenters. The first kappa shape index (κ1) is 10.3. The van der Waals surface area contributed by atoms with E-state index in [2.05, 4.69) is 0 Å². The van der Waals surface area contributed by atoms with Gasteiger partial charge in [-0.2, -0.15) is 0 Å². The van der Waals surface area contributed by atoms with Crippen LogP contribution in [0.4, 0.5) is 8.78 Å². The number of ketones is 1. The lowest BCUT2D eigenvalue weighted by molar-refractivity contribution is -0.120. The van der Waals surface area contributed by atoms with E-state index in [-0.39, 0.29) is 11.7 Å². The summed E-state index contributed by atoms with van der Waals surface area (Å²) < 4.78 is 26.4. The Kier molecular flexibility index (Phi) is 2.80. The molecular formula is C12H12F2O. The molecule has 1 saturated carbocycles. The van der Waals surface area contributed by atoms with Crippen molar-refractivity contribution in [1.82, 2.24) is 0 Å². The molecule has 0 radical (unpaired) electrons. The second-order valence-electron chi connectivity index (χ2n) is 3.96. The topological polar surface area (TPSA) is 17.1 Å². The summed E-state index contributed by atoms with van der Waals surface area (Å²) in [7, 11) is 0. The van der Waals surface area contributed by atoms with Gasteiger partial charge in [-0.05, 0) is 30.4 Å². The molecular weight excluding hydrogens is 198 g/mol. The number of carbonyl (C=O) groups is 1. The first-order valence-corrected chi connectivity index (χ1v) is 5.14. The predicted molar refractivity (Wildman–Crippen MR) is 52.6 cm³/mol. The maximum Gasteiger partial charge on any atom is 0.162 e. The minimum atomic E-state index is -0.801. The Morgan fingerprint density at radius 2 is 1.80 bits per heavy atom. The molecule has 0 heterocycles. The molecule has 0 aliphatic heterocycles. The highest BCUT2D eigenvalue weighted by Gasteiger charge is 2.23. The summed E-state index contributed by atoms with van der Waals surface area (Å²) in [6, 6.07) is 4.25. The first-order valence-electron chi connectivity index (χ1n) is 5.14. The molecule has 1 aromatic rings. The van der Waals surface area contributed by atoms with E-state index in [4.69, 9.17) is 0 Å². The number of halogens is 2. The normalized spacial score (nSPS) is 18.1. The van der Waals surface area contributed by atoms with Crippen LogP contribution in [0.15, 0.2) is 18.2 Å². The van der Waals surface area contributed by atoms with E-state index in [9.17, 15) is 13.6 Å². The number of hydrogen-bond acceptors (Lipinski definition) is 1. The zero-order chi connectivity index (χ0) is 10.8. The quantitative estimate of drug-likeness (QED) is 0.695. The van der Waals surface area contributed by atoms with E-state index < -0.39 is 11.6 Å². The van der Waals surface area contributed by atoms with Gasteiger partial charge in [0.15, 0.2) is 11.6 Å². The van der Waals surface area contributed by atoms with Gasteiger partial charge in [-0.3, -0.25) is 4.79 Å². The van der Waals surface area contributed by atoms with Crippen molar-refractivity contribution in [2.75, 3.05) is 0 Å². The van der Waals surface area contributed by atoms with Gasteiger partial charge in [0.1, 0.15) is 5.78 Å². The molecule has 0 amide bonds. The third-order valence-electron chi connectivity index (χ3n) is 2.96. The van der Waals surface area contributed by atoms with Crippen LogP contribution in [0, 0.1) is 11.6 Å². The number of carbonyl (C=O) groups excluding carboxylic acids is 1. The maximum atomic E-state index is 13.4. The van der Waals surface area contributed by atoms with E-state index in [1.54, 1.807) is 6.07 Å². The number of Topliss-reactive ketones (excluding diaryl/α,β-unsaturated/α-hetero) is 1. The number of rotatable bonds is 1. The van der Waals surface area contributed by atoms with Crippen LogP contribution >= 0.6 is 0 Å². The van der Waals surface area contributed by atoms with Crippen molar-refractivity contribution in [3.05, 3.63) is 35.4 Å². The van der Waals surface area contributed by atoms with E-state index in [0.717, 1.165) is 6.07 Å². The highest BCUT2D eigenvalue weighted by molar-refractivity contribution is 5.79. The van der Waals surface area contributed by atoms with Crippen LogP contribution < -0.4 is 0 Å². The Hall–Kier alpha value is -1.25. The van der Waals surface area contributed by atoms with Crippen molar-refractivity contribution in [3.63, 3.8) is 0 Å². The maximum absolute atomic E-state index is 13.4. The summed E-state index contributed by atoms with van der Waals surface area (Å²) >= 11 is 0. The van der Waals surface area contributed by atoms with Crippen LogP contribution in [0.25, 0.3) is 0 Å². The van der Waals surface area contributed by atoms with Crippen LogP contribution in [0.2, 0.25) is 0 Å². The van der Waals surface area contributed by atoms with Crippen molar-refractivity contribution in [1.29, 1.82) is 0 Å². The van der Waals surface area contributed by atoms with Crippen molar-refractivity contribution >= 4 is 5.78 Å². The molecule has 15 heavy (non-hydrogen) atoms. The molecule has 80 valence electrons. The smallest absolute Gasteiger partial charge is 0.162 e. The van der Waals surface area contributed by atoms with Crippen LogP contribution in [0.1, 0.15) is 37.2 Å². The van der Waals surface area contributed by atoms with E-state index in [0.29, 0.717) is 31.2 Å². The van der Waals surface area contributed by atoms with Crippen molar-refractivity contribution < 1.29 is 13.6 Å². The summed E-state index contributed by atoms with van der Waals surface area (Å²) in [6.07, 6.45) is 2.25. The van der Waals surface area contributed by atoms with Crippen molar-refractivity contribution in [2.45, 2.75) is 31.6 Å². The Bertz CT molecular complexity index is 377. The lowest BCUT2D eigenvalue weighted by Gasteiger charge is -2.21. The summed E-state index contributed by atoms with van der Waals surface area (Å²) in [4.78, 5) is 11.0. The minimum Gasteiger partial charge on any atom is -0.300 e. The third kappa shape index (κ3) is 2.06. The Morgan fingerprint density at radius 3 is 2.47 bits per heavy atom. The highest BCUT2D eigenvalue weighted by Crippen LogP contribution is 2.33. The molecule has 1 aromatic carbocycles. The Labute approximate surface area is 87.1 Å². The van der Waals surface area contributed by atoms with Crippen molar-refractivity contribution in [2.24, 2.45) is 0 Å². The SMILES string of the molecule is O=C1CCC(c2cccc(F)c2F)CC1. The fourth-order valence-electron chi connectivity index (χ4n) is 2.09. The Balaban J connectivity index is 2.22. The molecule has 0 spiro atoms. The lowest BCUT2D eigenvalue weighted by Crippen LogP contribution is -2.13. The van der Waals surface area contributed by atoms with Crippen LogP contribution in [-0.2, 0) is 4.79 Å². The van der Waals surface area contributed by atoms with Crippen LogP contribution in [0.3, 0.4) is 0 Å².